The van der Waals surface area contributed by atoms with E-state index >= 15 is 0 Å². The largest absolute Gasteiger partial charge is 0.496 e. The van der Waals surface area contributed by atoms with Crippen LogP contribution in [0.2, 0.25) is 0 Å². The molecule has 1 N–H and O–H groups in total. The van der Waals surface area contributed by atoms with Crippen LogP contribution in [-0.4, -0.2) is 13.0 Å². The number of benzene rings is 1. The van der Waals surface area contributed by atoms with Gasteiger partial charge in [0.05, 0.1) is 12.7 Å². The third-order valence-corrected chi connectivity index (χ3v) is 5.39. The Balaban J connectivity index is 1.89. The van der Waals surface area contributed by atoms with Crippen LogP contribution >= 0.6 is 11.3 Å². The van der Waals surface area contributed by atoms with Gasteiger partial charge < -0.3 is 10.1 Å². The molecule has 0 aliphatic heterocycles. The molecule has 1 amide bonds. The first kappa shape index (κ1) is 15.6. The van der Waals surface area contributed by atoms with E-state index in [4.69, 9.17) is 4.74 Å². The number of thiophene rings is 1. The third kappa shape index (κ3) is 2.95. The summed E-state index contributed by atoms with van der Waals surface area (Å²) in [5.41, 5.74) is 3.27. The SMILES string of the molecule is COc1cc(C(=O)Nc2sc3c(c2C#N)CCCC3)ccc1C. The normalized spacial score (nSPS) is 13.1. The molecule has 5 heteroatoms. The minimum atomic E-state index is -0.210. The van der Waals surface area contributed by atoms with E-state index in [2.05, 4.69) is 11.4 Å². The van der Waals surface area contributed by atoms with Gasteiger partial charge in [0.15, 0.2) is 0 Å². The second kappa shape index (κ2) is 6.43. The van der Waals surface area contributed by atoms with Crippen molar-refractivity contribution in [3.8, 4) is 11.8 Å². The highest BCUT2D eigenvalue weighted by Gasteiger charge is 2.22. The molecule has 2 aromatic rings. The van der Waals surface area contributed by atoms with Crippen molar-refractivity contribution < 1.29 is 9.53 Å². The van der Waals surface area contributed by atoms with Crippen molar-refractivity contribution in [1.29, 1.82) is 5.26 Å². The summed E-state index contributed by atoms with van der Waals surface area (Å²) in [5, 5.41) is 13.0. The number of hydrogen-bond acceptors (Lipinski definition) is 4. The highest BCUT2D eigenvalue weighted by molar-refractivity contribution is 7.16. The Kier molecular flexibility index (Phi) is 4.35. The standard InChI is InChI=1S/C18H18N2O2S/c1-11-7-8-12(9-15(11)22-2)17(21)20-18-14(10-19)13-5-3-4-6-16(13)23-18/h7-9H,3-6H2,1-2H3,(H,20,21). The van der Waals surface area contributed by atoms with Crippen molar-refractivity contribution >= 4 is 22.2 Å². The van der Waals surface area contributed by atoms with E-state index < -0.39 is 0 Å². The summed E-state index contributed by atoms with van der Waals surface area (Å²) in [7, 11) is 1.59. The van der Waals surface area contributed by atoms with Crippen molar-refractivity contribution in [2.45, 2.75) is 32.6 Å². The molecule has 4 nitrogen and oxygen atoms in total. The molecule has 0 bridgehead atoms. The van der Waals surface area contributed by atoms with Crippen LogP contribution in [0.5, 0.6) is 5.75 Å². The minimum absolute atomic E-state index is 0.210. The number of methoxy groups -OCH3 is 1. The molecule has 3 rings (SSSR count). The summed E-state index contributed by atoms with van der Waals surface area (Å²) in [6, 6.07) is 7.62. The van der Waals surface area contributed by atoms with E-state index in [1.807, 2.05) is 13.0 Å². The molecule has 1 aliphatic carbocycles. The lowest BCUT2D eigenvalue weighted by Gasteiger charge is -2.09. The summed E-state index contributed by atoms with van der Waals surface area (Å²) in [6.07, 6.45) is 4.20. The van der Waals surface area contributed by atoms with Gasteiger partial charge in [-0.1, -0.05) is 6.07 Å². The average Bonchev–Trinajstić information content (AvgIpc) is 2.92. The predicted molar refractivity (Wildman–Crippen MR) is 91.4 cm³/mol. The Morgan fingerprint density at radius 2 is 2.13 bits per heavy atom. The molecule has 0 spiro atoms. The van der Waals surface area contributed by atoms with E-state index in [0.717, 1.165) is 36.8 Å². The fraction of sp³-hybridized carbons (Fsp3) is 0.333. The van der Waals surface area contributed by atoms with E-state index in [-0.39, 0.29) is 5.91 Å². The number of carbonyl (C=O) groups excluding carboxylic acids is 1. The lowest BCUT2D eigenvalue weighted by Crippen LogP contribution is -2.12. The van der Waals surface area contributed by atoms with Crippen LogP contribution in [0, 0.1) is 18.3 Å². The Hall–Kier alpha value is -2.32. The summed E-state index contributed by atoms with van der Waals surface area (Å²) in [4.78, 5) is 13.7. The second-order valence-corrected chi connectivity index (χ2v) is 6.77. The van der Waals surface area contributed by atoms with Gasteiger partial charge >= 0.3 is 0 Å². The molecule has 23 heavy (non-hydrogen) atoms. The highest BCUT2D eigenvalue weighted by atomic mass is 32.1. The van der Waals surface area contributed by atoms with Gasteiger partial charge in [-0.15, -0.1) is 11.3 Å². The maximum absolute atomic E-state index is 12.5. The fourth-order valence-corrected chi connectivity index (χ4v) is 4.14. The van der Waals surface area contributed by atoms with Crippen LogP contribution in [-0.2, 0) is 12.8 Å². The smallest absolute Gasteiger partial charge is 0.256 e. The van der Waals surface area contributed by atoms with Crippen LogP contribution < -0.4 is 10.1 Å². The van der Waals surface area contributed by atoms with Gasteiger partial charge in [0.1, 0.15) is 16.8 Å². The van der Waals surface area contributed by atoms with Gasteiger partial charge in [-0.2, -0.15) is 5.26 Å². The summed E-state index contributed by atoms with van der Waals surface area (Å²) in [6.45, 7) is 1.93. The summed E-state index contributed by atoms with van der Waals surface area (Å²) < 4.78 is 5.27. The number of anilines is 1. The molecule has 0 atom stereocenters. The first-order chi connectivity index (χ1) is 11.1. The Morgan fingerprint density at radius 3 is 2.87 bits per heavy atom. The monoisotopic (exact) mass is 326 g/mol. The molecule has 0 saturated carbocycles. The molecule has 1 aromatic carbocycles. The minimum Gasteiger partial charge on any atom is -0.496 e. The van der Waals surface area contributed by atoms with E-state index in [9.17, 15) is 10.1 Å². The average molecular weight is 326 g/mol. The molecule has 118 valence electrons. The first-order valence-electron chi connectivity index (χ1n) is 7.64. The maximum atomic E-state index is 12.5. The zero-order chi connectivity index (χ0) is 16.4. The number of ether oxygens (including phenoxy) is 1. The Bertz CT molecular complexity index is 802. The first-order valence-corrected chi connectivity index (χ1v) is 8.46. The quantitative estimate of drug-likeness (QED) is 0.925. The van der Waals surface area contributed by atoms with E-state index in [1.165, 1.54) is 16.2 Å². The van der Waals surface area contributed by atoms with Gasteiger partial charge in [-0.25, -0.2) is 0 Å². The van der Waals surface area contributed by atoms with Gasteiger partial charge in [-0.05, 0) is 55.9 Å². The molecule has 1 aliphatic rings. The summed E-state index contributed by atoms with van der Waals surface area (Å²) in [5.74, 6) is 0.474. The lowest BCUT2D eigenvalue weighted by molar-refractivity contribution is 0.102. The van der Waals surface area contributed by atoms with Crippen LogP contribution in [0.1, 0.15) is 44.8 Å². The molecular weight excluding hydrogens is 308 g/mol. The number of carbonyl (C=O) groups is 1. The van der Waals surface area contributed by atoms with Crippen LogP contribution in [0.15, 0.2) is 18.2 Å². The Morgan fingerprint density at radius 1 is 1.35 bits per heavy atom. The maximum Gasteiger partial charge on any atom is 0.256 e. The molecule has 0 saturated heterocycles. The van der Waals surface area contributed by atoms with Crippen molar-refractivity contribution in [2.75, 3.05) is 12.4 Å². The second-order valence-electron chi connectivity index (χ2n) is 5.67. The third-order valence-electron chi connectivity index (χ3n) is 4.18. The molecule has 0 radical (unpaired) electrons. The van der Waals surface area contributed by atoms with Gasteiger partial charge in [0.25, 0.3) is 5.91 Å². The van der Waals surface area contributed by atoms with Crippen molar-refractivity contribution in [2.24, 2.45) is 0 Å². The molecule has 1 heterocycles. The zero-order valence-electron chi connectivity index (χ0n) is 13.2. The molecule has 0 unspecified atom stereocenters. The number of hydrogen-bond donors (Lipinski definition) is 1. The summed E-state index contributed by atoms with van der Waals surface area (Å²) >= 11 is 1.54. The number of amides is 1. The Labute approximate surface area is 139 Å². The van der Waals surface area contributed by atoms with Crippen LogP contribution in [0.25, 0.3) is 0 Å². The number of nitrogens with zero attached hydrogens (tertiary/aromatic N) is 1. The van der Waals surface area contributed by atoms with Crippen LogP contribution in [0.4, 0.5) is 5.00 Å². The van der Waals surface area contributed by atoms with Crippen molar-refractivity contribution in [3.05, 3.63) is 45.3 Å². The number of nitriles is 1. The van der Waals surface area contributed by atoms with Gasteiger partial charge in [0.2, 0.25) is 0 Å². The van der Waals surface area contributed by atoms with Gasteiger partial charge in [0, 0.05) is 10.4 Å². The number of nitrogens with one attached hydrogen (secondary N) is 1. The molecule has 1 aromatic heterocycles. The van der Waals surface area contributed by atoms with Crippen molar-refractivity contribution in [1.82, 2.24) is 0 Å². The molecule has 0 fully saturated rings. The number of fused-ring (bicyclic) bond motifs is 1. The number of rotatable bonds is 3. The lowest BCUT2D eigenvalue weighted by atomic mass is 9.96. The van der Waals surface area contributed by atoms with Crippen LogP contribution in [0.3, 0.4) is 0 Å². The number of aryl methyl sites for hydroxylation is 2. The predicted octanol–water partition coefficient (Wildman–Crippen LogP) is 4.07. The van der Waals surface area contributed by atoms with E-state index in [0.29, 0.717) is 21.9 Å². The molecular formula is C18H18N2O2S. The van der Waals surface area contributed by atoms with Crippen molar-refractivity contribution in [3.63, 3.8) is 0 Å². The fourth-order valence-electron chi connectivity index (χ4n) is 2.91. The van der Waals surface area contributed by atoms with Gasteiger partial charge in [-0.3, -0.25) is 4.79 Å². The van der Waals surface area contributed by atoms with E-state index in [1.54, 1.807) is 19.2 Å². The highest BCUT2D eigenvalue weighted by Crippen LogP contribution is 2.37. The zero-order valence-corrected chi connectivity index (χ0v) is 14.0. The topological polar surface area (TPSA) is 62.1 Å².